The summed E-state index contributed by atoms with van der Waals surface area (Å²) in [5, 5.41) is 0.909. The molecule has 0 saturated heterocycles. The van der Waals surface area contributed by atoms with Crippen molar-refractivity contribution in [2.75, 3.05) is 7.11 Å². The maximum Gasteiger partial charge on any atom is 0.340 e. The number of para-hydroxylation sites is 1. The first-order valence-electron chi connectivity index (χ1n) is 8.09. The lowest BCUT2D eigenvalue weighted by atomic mass is 9.89. The molecule has 4 rings (SSSR count). The van der Waals surface area contributed by atoms with E-state index < -0.39 is 0 Å². The third-order valence-electron chi connectivity index (χ3n) is 4.73. The summed E-state index contributed by atoms with van der Waals surface area (Å²) in [6.07, 6.45) is 4.79. The molecule has 3 aromatic rings. The molecule has 3 heteroatoms. The minimum absolute atomic E-state index is 0.296. The molecule has 1 aliphatic rings. The monoisotopic (exact) mass is 305 g/mol. The van der Waals surface area contributed by atoms with E-state index in [-0.39, 0.29) is 5.97 Å². The number of benzene rings is 2. The molecule has 0 amide bonds. The molecule has 0 aliphatic heterocycles. The highest BCUT2D eigenvalue weighted by Crippen LogP contribution is 2.33. The zero-order valence-electron chi connectivity index (χ0n) is 13.2. The first kappa shape index (κ1) is 14.1. The number of esters is 1. The first-order chi connectivity index (χ1) is 11.3. The fraction of sp³-hybridized carbons (Fsp3) is 0.250. The third kappa shape index (κ3) is 2.33. The number of aryl methyl sites for hydroxylation is 2. The lowest BCUT2D eigenvalue weighted by Gasteiger charge is -2.16. The molecule has 3 nitrogen and oxygen atoms in total. The number of fused-ring (bicyclic) bond motifs is 2. The Labute approximate surface area is 135 Å². The van der Waals surface area contributed by atoms with Crippen molar-refractivity contribution in [3.8, 4) is 11.3 Å². The van der Waals surface area contributed by atoms with E-state index in [1.807, 2.05) is 24.3 Å². The lowest BCUT2D eigenvalue weighted by molar-refractivity contribution is 0.0604. The van der Waals surface area contributed by atoms with E-state index >= 15 is 0 Å². The topological polar surface area (TPSA) is 42.1 Å². The van der Waals surface area contributed by atoms with Gasteiger partial charge in [-0.15, -0.1) is 0 Å². The van der Waals surface area contributed by atoms with Gasteiger partial charge >= 0.3 is 5.97 Å². The number of hydrogen-bond acceptors (Lipinski definition) is 2. The predicted molar refractivity (Wildman–Crippen MR) is 91.7 cm³/mol. The van der Waals surface area contributed by atoms with Gasteiger partial charge in [-0.1, -0.05) is 30.3 Å². The Hall–Kier alpha value is -2.55. The van der Waals surface area contributed by atoms with Crippen LogP contribution in [0.2, 0.25) is 0 Å². The molecule has 0 radical (unpaired) electrons. The standard InChI is InChI=1S/C20H19NO2/c1-23-20(22)18-16-8-4-5-9-17(16)21-19(18)15-11-10-13-6-2-3-7-14(13)12-15/h4-5,8-12,21H,2-3,6-7H2,1H3. The van der Waals surface area contributed by atoms with Crippen molar-refractivity contribution in [2.45, 2.75) is 25.7 Å². The highest BCUT2D eigenvalue weighted by molar-refractivity contribution is 6.10. The molecule has 0 spiro atoms. The molecule has 0 atom stereocenters. The molecule has 2 aromatic carbocycles. The van der Waals surface area contributed by atoms with Crippen LogP contribution in [0.25, 0.3) is 22.2 Å². The first-order valence-corrected chi connectivity index (χ1v) is 8.09. The number of hydrogen-bond donors (Lipinski definition) is 1. The molecular weight excluding hydrogens is 286 g/mol. The van der Waals surface area contributed by atoms with Crippen molar-refractivity contribution in [1.29, 1.82) is 0 Å². The summed E-state index contributed by atoms with van der Waals surface area (Å²) in [5.74, 6) is -0.296. The number of H-pyrrole nitrogens is 1. The number of carbonyl (C=O) groups is 1. The summed E-state index contributed by atoms with van der Waals surface area (Å²) in [5.41, 5.74) is 6.34. The van der Waals surface area contributed by atoms with Gasteiger partial charge in [-0.05, 0) is 54.5 Å². The normalized spacial score (nSPS) is 13.8. The Balaban J connectivity index is 1.93. The van der Waals surface area contributed by atoms with E-state index in [0.717, 1.165) is 35.0 Å². The molecule has 0 saturated carbocycles. The quantitative estimate of drug-likeness (QED) is 0.708. The van der Waals surface area contributed by atoms with Crippen LogP contribution in [0.15, 0.2) is 42.5 Å². The van der Waals surface area contributed by atoms with Gasteiger partial charge in [0.05, 0.1) is 18.4 Å². The van der Waals surface area contributed by atoms with Crippen LogP contribution in [-0.2, 0) is 17.6 Å². The van der Waals surface area contributed by atoms with Gasteiger partial charge in [0.15, 0.2) is 0 Å². The SMILES string of the molecule is COC(=O)c1c(-c2ccc3c(c2)CCCC3)[nH]c2ccccc12. The second-order valence-corrected chi connectivity index (χ2v) is 6.10. The van der Waals surface area contributed by atoms with E-state index in [1.165, 1.54) is 31.1 Å². The van der Waals surface area contributed by atoms with Crippen LogP contribution < -0.4 is 0 Å². The number of aromatic nitrogens is 1. The number of nitrogens with one attached hydrogen (secondary N) is 1. The van der Waals surface area contributed by atoms with Gasteiger partial charge in [0.2, 0.25) is 0 Å². The Morgan fingerprint density at radius 3 is 2.65 bits per heavy atom. The summed E-state index contributed by atoms with van der Waals surface area (Å²) >= 11 is 0. The molecule has 1 aromatic heterocycles. The smallest absolute Gasteiger partial charge is 0.340 e. The van der Waals surface area contributed by atoms with Crippen LogP contribution in [0.1, 0.15) is 34.3 Å². The van der Waals surface area contributed by atoms with E-state index in [9.17, 15) is 4.79 Å². The maximum atomic E-state index is 12.3. The third-order valence-corrected chi connectivity index (χ3v) is 4.73. The molecule has 116 valence electrons. The Kier molecular flexibility index (Phi) is 3.41. The Bertz CT molecular complexity index is 892. The molecular formula is C20H19NO2. The number of rotatable bonds is 2. The van der Waals surface area contributed by atoms with E-state index in [2.05, 4.69) is 23.2 Å². The van der Waals surface area contributed by atoms with E-state index in [0.29, 0.717) is 5.56 Å². The Morgan fingerprint density at radius 1 is 1.04 bits per heavy atom. The largest absolute Gasteiger partial charge is 0.465 e. The maximum absolute atomic E-state index is 12.3. The molecule has 1 aliphatic carbocycles. The van der Waals surface area contributed by atoms with Crippen LogP contribution in [0.4, 0.5) is 0 Å². The van der Waals surface area contributed by atoms with Crippen molar-refractivity contribution < 1.29 is 9.53 Å². The van der Waals surface area contributed by atoms with E-state index in [1.54, 1.807) is 0 Å². The molecule has 0 unspecified atom stereocenters. The van der Waals surface area contributed by atoms with Crippen molar-refractivity contribution >= 4 is 16.9 Å². The number of ether oxygens (including phenoxy) is 1. The van der Waals surface area contributed by atoms with Crippen molar-refractivity contribution in [3.05, 3.63) is 59.2 Å². The second kappa shape index (κ2) is 5.58. The summed E-state index contributed by atoms with van der Waals surface area (Å²) in [6, 6.07) is 14.4. The zero-order chi connectivity index (χ0) is 15.8. The van der Waals surface area contributed by atoms with Gasteiger partial charge in [0, 0.05) is 10.9 Å². The van der Waals surface area contributed by atoms with Crippen molar-refractivity contribution in [1.82, 2.24) is 4.98 Å². The molecule has 0 fully saturated rings. The number of carbonyl (C=O) groups excluding carboxylic acids is 1. The number of aromatic amines is 1. The second-order valence-electron chi connectivity index (χ2n) is 6.10. The fourth-order valence-corrected chi connectivity index (χ4v) is 3.56. The average Bonchev–Trinajstić information content (AvgIpc) is 3.00. The van der Waals surface area contributed by atoms with Crippen LogP contribution in [-0.4, -0.2) is 18.1 Å². The predicted octanol–water partition coefficient (Wildman–Crippen LogP) is 4.50. The highest BCUT2D eigenvalue weighted by atomic mass is 16.5. The van der Waals surface area contributed by atoms with Crippen LogP contribution >= 0.6 is 0 Å². The summed E-state index contributed by atoms with van der Waals surface area (Å²) in [4.78, 5) is 15.7. The molecule has 23 heavy (non-hydrogen) atoms. The van der Waals surface area contributed by atoms with Crippen molar-refractivity contribution in [3.63, 3.8) is 0 Å². The van der Waals surface area contributed by atoms with Gasteiger partial charge in [-0.3, -0.25) is 0 Å². The summed E-state index contributed by atoms with van der Waals surface area (Å²) in [6.45, 7) is 0. The van der Waals surface area contributed by atoms with Gasteiger partial charge in [-0.25, -0.2) is 4.79 Å². The molecule has 1 heterocycles. The van der Waals surface area contributed by atoms with Gasteiger partial charge in [-0.2, -0.15) is 0 Å². The number of methoxy groups -OCH3 is 1. The molecule has 0 bridgehead atoms. The van der Waals surface area contributed by atoms with Gasteiger partial charge in [0.1, 0.15) is 0 Å². The van der Waals surface area contributed by atoms with E-state index in [4.69, 9.17) is 4.74 Å². The highest BCUT2D eigenvalue weighted by Gasteiger charge is 2.21. The Morgan fingerprint density at radius 2 is 1.83 bits per heavy atom. The zero-order valence-corrected chi connectivity index (χ0v) is 13.2. The summed E-state index contributed by atoms with van der Waals surface area (Å²) < 4.78 is 5.02. The van der Waals surface area contributed by atoms with Gasteiger partial charge < -0.3 is 9.72 Å². The fourth-order valence-electron chi connectivity index (χ4n) is 3.56. The minimum Gasteiger partial charge on any atom is -0.465 e. The lowest BCUT2D eigenvalue weighted by Crippen LogP contribution is -2.04. The van der Waals surface area contributed by atoms with Crippen LogP contribution in [0, 0.1) is 0 Å². The van der Waals surface area contributed by atoms with Crippen LogP contribution in [0.3, 0.4) is 0 Å². The van der Waals surface area contributed by atoms with Crippen LogP contribution in [0.5, 0.6) is 0 Å². The van der Waals surface area contributed by atoms with Crippen molar-refractivity contribution in [2.24, 2.45) is 0 Å². The van der Waals surface area contributed by atoms with Gasteiger partial charge in [0.25, 0.3) is 0 Å². The average molecular weight is 305 g/mol. The summed E-state index contributed by atoms with van der Waals surface area (Å²) in [7, 11) is 1.43. The molecule has 1 N–H and O–H groups in total. The minimum atomic E-state index is -0.296.